The molecule has 0 saturated heterocycles. The van der Waals surface area contributed by atoms with Crippen LogP contribution < -0.4 is 31.8 Å². The molecule has 0 fully saturated rings. The van der Waals surface area contributed by atoms with Gasteiger partial charge in [0.1, 0.15) is 35.4 Å². The molecule has 2 aliphatic rings. The monoisotopic (exact) mass is 1140 g/mol. The SMILES string of the molecule is N#CC(C#N)=C1c2cc(P(=O)(c3c(F)c(F)c(F)c(F)c3F)c3c(F)c(F)c(F)c(F)c3F)ccc2-c2cc3c(cc21)C(=C(C#N)C#N)c1cc(P(=O)(c2c(F)c(F)c(F)c(F)c2F)c2c(F)c(F)c(F)c(F)c2F)ccc1-3. The summed E-state index contributed by atoms with van der Waals surface area (Å²) in [6.45, 7) is 0. The zero-order chi connectivity index (χ0) is 57.4. The van der Waals surface area contributed by atoms with Gasteiger partial charge in [-0.05, 0) is 68.8 Å². The highest BCUT2D eigenvalue weighted by atomic mass is 31.2. The van der Waals surface area contributed by atoms with Gasteiger partial charge in [0.25, 0.3) is 0 Å². The molecule has 0 atom stereocenters. The molecular formula is C50H8F20N4O2P2. The van der Waals surface area contributed by atoms with Crippen LogP contribution in [0.1, 0.15) is 22.3 Å². The average molecular weight is 1140 g/mol. The molecule has 28 heteroatoms. The average Bonchev–Trinajstić information content (AvgIpc) is 4.06. The van der Waals surface area contributed by atoms with E-state index in [2.05, 4.69) is 0 Å². The van der Waals surface area contributed by atoms with Crippen molar-refractivity contribution in [3.8, 4) is 46.5 Å². The molecule has 7 aromatic carbocycles. The fraction of sp³-hybridized carbons (Fsp3) is 0. The van der Waals surface area contributed by atoms with Crippen molar-refractivity contribution in [1.82, 2.24) is 0 Å². The molecule has 0 N–H and O–H groups in total. The summed E-state index contributed by atoms with van der Waals surface area (Å²) in [6.07, 6.45) is 0. The second-order valence-electron chi connectivity index (χ2n) is 16.2. The molecule has 7 aromatic rings. The van der Waals surface area contributed by atoms with E-state index in [1.807, 2.05) is 0 Å². The molecule has 0 radical (unpaired) electrons. The first-order valence-electron chi connectivity index (χ1n) is 20.5. The smallest absolute Gasteiger partial charge is 0.200 e. The van der Waals surface area contributed by atoms with Gasteiger partial charge in [0.2, 0.25) is 23.3 Å². The van der Waals surface area contributed by atoms with Gasteiger partial charge < -0.3 is 9.13 Å². The van der Waals surface area contributed by atoms with Crippen LogP contribution in [-0.2, 0) is 9.13 Å². The van der Waals surface area contributed by atoms with Gasteiger partial charge in [0.15, 0.2) is 107 Å². The van der Waals surface area contributed by atoms with E-state index in [4.69, 9.17) is 0 Å². The Morgan fingerprint density at radius 2 is 0.462 bits per heavy atom. The van der Waals surface area contributed by atoms with Crippen LogP contribution in [-0.4, -0.2) is 0 Å². The van der Waals surface area contributed by atoms with Crippen molar-refractivity contribution in [3.63, 3.8) is 0 Å². The van der Waals surface area contributed by atoms with Gasteiger partial charge in [-0.25, -0.2) is 87.8 Å². The summed E-state index contributed by atoms with van der Waals surface area (Å²) in [7, 11) is -13.5. The van der Waals surface area contributed by atoms with Crippen LogP contribution in [0.3, 0.4) is 0 Å². The van der Waals surface area contributed by atoms with Crippen molar-refractivity contribution in [2.24, 2.45) is 0 Å². The minimum atomic E-state index is -6.75. The molecule has 390 valence electrons. The van der Waals surface area contributed by atoms with Crippen LogP contribution in [0.2, 0.25) is 0 Å². The van der Waals surface area contributed by atoms with Gasteiger partial charge in [0, 0.05) is 21.8 Å². The summed E-state index contributed by atoms with van der Waals surface area (Å²) in [6, 6.07) is 10.3. The quantitative estimate of drug-likeness (QED) is 0.0536. The summed E-state index contributed by atoms with van der Waals surface area (Å²) in [4.78, 5) is 0. The lowest BCUT2D eigenvalue weighted by Crippen LogP contribution is -2.36. The number of nitriles is 4. The van der Waals surface area contributed by atoms with Gasteiger partial charge in [-0.15, -0.1) is 0 Å². The summed E-state index contributed by atoms with van der Waals surface area (Å²) in [5, 5.41) is 27.1. The summed E-state index contributed by atoms with van der Waals surface area (Å²) in [5.41, 5.74) is -7.44. The second-order valence-corrected chi connectivity index (χ2v) is 21.5. The number of halogens is 20. The van der Waals surface area contributed by atoms with Gasteiger partial charge >= 0.3 is 0 Å². The van der Waals surface area contributed by atoms with Gasteiger partial charge in [-0.2, -0.15) is 21.0 Å². The minimum absolute atomic E-state index is 0.309. The van der Waals surface area contributed by atoms with E-state index in [0.717, 1.165) is 12.1 Å². The number of hydrogen-bond donors (Lipinski definition) is 0. The minimum Gasteiger partial charge on any atom is -0.308 e. The van der Waals surface area contributed by atoms with Crippen molar-refractivity contribution in [3.05, 3.63) is 198 Å². The van der Waals surface area contributed by atoms with E-state index >= 15 is 44.3 Å². The number of fused-ring (bicyclic) bond motifs is 6. The number of allylic oxidation sites excluding steroid dienone is 2. The third-order valence-corrected chi connectivity index (χ3v) is 18.6. The first-order chi connectivity index (χ1) is 36.6. The molecule has 0 bridgehead atoms. The lowest BCUT2D eigenvalue weighted by atomic mass is 9.93. The maximum absolute atomic E-state index is 15.7. The molecule has 0 unspecified atom stereocenters. The molecule has 0 saturated carbocycles. The zero-order valence-electron chi connectivity index (χ0n) is 36.7. The highest BCUT2D eigenvalue weighted by Crippen LogP contribution is 2.57. The van der Waals surface area contributed by atoms with Crippen LogP contribution >= 0.6 is 14.3 Å². The maximum Gasteiger partial charge on any atom is 0.200 e. The van der Waals surface area contributed by atoms with Crippen LogP contribution in [0.5, 0.6) is 0 Å². The molecule has 9 rings (SSSR count). The lowest BCUT2D eigenvalue weighted by molar-refractivity contribution is 0.381. The Labute approximate surface area is 419 Å². The van der Waals surface area contributed by atoms with E-state index in [-0.39, 0.29) is 11.1 Å². The summed E-state index contributed by atoms with van der Waals surface area (Å²) >= 11 is 0. The fourth-order valence-electron chi connectivity index (χ4n) is 9.12. The predicted octanol–water partition coefficient (Wildman–Crippen LogP) is 11.4. The van der Waals surface area contributed by atoms with Crippen molar-refractivity contribution in [1.29, 1.82) is 21.0 Å². The number of rotatable bonds is 6. The first kappa shape index (κ1) is 53.9. The maximum atomic E-state index is 15.7. The molecular weight excluding hydrogens is 1130 g/mol. The van der Waals surface area contributed by atoms with Gasteiger partial charge in [-0.1, -0.05) is 24.3 Å². The van der Waals surface area contributed by atoms with Gasteiger partial charge in [0.05, 0.1) is 21.2 Å². The molecule has 0 aromatic heterocycles. The van der Waals surface area contributed by atoms with Crippen LogP contribution in [0.15, 0.2) is 59.7 Å². The molecule has 78 heavy (non-hydrogen) atoms. The second kappa shape index (κ2) is 18.4. The first-order valence-corrected chi connectivity index (χ1v) is 23.9. The third kappa shape index (κ3) is 6.95. The van der Waals surface area contributed by atoms with Crippen molar-refractivity contribution in [2.45, 2.75) is 0 Å². The van der Waals surface area contributed by atoms with Crippen molar-refractivity contribution < 1.29 is 96.9 Å². The Bertz CT molecular complexity index is 3840. The highest BCUT2D eigenvalue weighted by Gasteiger charge is 2.49. The summed E-state index contributed by atoms with van der Waals surface area (Å²) in [5.74, 6) is -60.1. The van der Waals surface area contributed by atoms with E-state index < -0.39 is 218 Å². The molecule has 0 aliphatic heterocycles. The van der Waals surface area contributed by atoms with Crippen LogP contribution in [0.4, 0.5) is 87.8 Å². The van der Waals surface area contributed by atoms with Crippen molar-refractivity contribution in [2.75, 3.05) is 0 Å². The van der Waals surface area contributed by atoms with Crippen LogP contribution in [0.25, 0.3) is 33.4 Å². The topological polar surface area (TPSA) is 129 Å². The summed E-state index contributed by atoms with van der Waals surface area (Å²) < 4.78 is 333. The van der Waals surface area contributed by atoms with E-state index in [9.17, 15) is 73.7 Å². The van der Waals surface area contributed by atoms with Crippen LogP contribution in [0, 0.1) is 162 Å². The number of benzene rings is 7. The Hall–Kier alpha value is -8.96. The Kier molecular flexibility index (Phi) is 12.7. The fourth-order valence-corrected chi connectivity index (χ4v) is 14.8. The molecule has 6 nitrogen and oxygen atoms in total. The van der Waals surface area contributed by atoms with E-state index in [1.54, 1.807) is 0 Å². The molecule has 2 aliphatic carbocycles. The Morgan fingerprint density at radius 3 is 0.679 bits per heavy atom. The largest absolute Gasteiger partial charge is 0.308 e. The number of nitrogens with zero attached hydrogens (tertiary/aromatic N) is 4. The van der Waals surface area contributed by atoms with Gasteiger partial charge in [-0.3, -0.25) is 0 Å². The predicted molar refractivity (Wildman–Crippen MR) is 230 cm³/mol. The normalized spacial score (nSPS) is 12.4. The Morgan fingerprint density at radius 1 is 0.269 bits per heavy atom. The third-order valence-electron chi connectivity index (χ3n) is 12.5. The molecule has 0 heterocycles. The number of hydrogen-bond acceptors (Lipinski definition) is 6. The zero-order valence-corrected chi connectivity index (χ0v) is 38.5. The molecule has 0 amide bonds. The van der Waals surface area contributed by atoms with E-state index in [1.165, 1.54) is 24.3 Å². The highest BCUT2D eigenvalue weighted by molar-refractivity contribution is 7.85. The van der Waals surface area contributed by atoms with E-state index in [0.29, 0.717) is 36.4 Å². The molecule has 0 spiro atoms. The van der Waals surface area contributed by atoms with Crippen molar-refractivity contribution >= 4 is 57.3 Å². The lowest BCUT2D eigenvalue weighted by Gasteiger charge is -2.24. The standard InChI is InChI=1S/C50H8F20N4O2P2/c51-27-31(55)39(63)47(40(64)32(27)56)77(75,48-41(65)33(57)28(52)34(58)42(48)66)15-1-3-17-19-7-20-18-4-2-16(6-22(18)26(14(11-73)12-74)24(20)8-23(19)25(21(17)5-15)13(9-71)10-72)78(76,49-43(67)35(59)29(53)36(60)44(49)68)50-45(69)37(61)30(54)38(62)46(50)70/h1-8H. The Balaban J connectivity index is 1.37.